The standard InChI is InChI=1S/C19H25NO/c1-4-12-20-19(17-7-5-6-15(2)13-17)14-16-8-10-18(21-3)11-9-16/h5-11,13,19-20H,4,12,14H2,1-3H3. The van der Waals surface area contributed by atoms with E-state index in [1.165, 1.54) is 16.7 Å². The Hall–Kier alpha value is -1.80. The lowest BCUT2D eigenvalue weighted by Gasteiger charge is -2.20. The van der Waals surface area contributed by atoms with Crippen LogP contribution in [0.5, 0.6) is 5.75 Å². The zero-order valence-electron chi connectivity index (χ0n) is 13.2. The van der Waals surface area contributed by atoms with Crippen molar-refractivity contribution in [2.45, 2.75) is 32.7 Å². The highest BCUT2D eigenvalue weighted by atomic mass is 16.5. The van der Waals surface area contributed by atoms with Crippen molar-refractivity contribution in [2.75, 3.05) is 13.7 Å². The predicted molar refractivity (Wildman–Crippen MR) is 88.9 cm³/mol. The zero-order chi connectivity index (χ0) is 15.1. The number of rotatable bonds is 7. The van der Waals surface area contributed by atoms with Gasteiger partial charge in [-0.2, -0.15) is 0 Å². The Bertz CT molecular complexity index is 548. The fraction of sp³-hybridized carbons (Fsp3) is 0.368. The number of hydrogen-bond acceptors (Lipinski definition) is 2. The summed E-state index contributed by atoms with van der Waals surface area (Å²) >= 11 is 0. The molecule has 1 N–H and O–H groups in total. The van der Waals surface area contributed by atoms with Crippen molar-refractivity contribution < 1.29 is 4.74 Å². The molecule has 2 heteroatoms. The van der Waals surface area contributed by atoms with E-state index in [1.54, 1.807) is 7.11 Å². The molecule has 0 aromatic heterocycles. The summed E-state index contributed by atoms with van der Waals surface area (Å²) in [6.45, 7) is 5.39. The maximum Gasteiger partial charge on any atom is 0.118 e. The topological polar surface area (TPSA) is 21.3 Å². The van der Waals surface area contributed by atoms with Gasteiger partial charge in [0.2, 0.25) is 0 Å². The van der Waals surface area contributed by atoms with Gasteiger partial charge in [0, 0.05) is 6.04 Å². The smallest absolute Gasteiger partial charge is 0.118 e. The summed E-state index contributed by atoms with van der Waals surface area (Å²) in [6, 6.07) is 17.5. The molecule has 0 fully saturated rings. The molecule has 0 bridgehead atoms. The van der Waals surface area contributed by atoms with Crippen LogP contribution < -0.4 is 10.1 Å². The van der Waals surface area contributed by atoms with Gasteiger partial charge in [-0.3, -0.25) is 0 Å². The van der Waals surface area contributed by atoms with Crippen molar-refractivity contribution in [3.8, 4) is 5.75 Å². The molecule has 1 atom stereocenters. The molecule has 0 radical (unpaired) electrons. The Morgan fingerprint density at radius 1 is 1.10 bits per heavy atom. The first-order valence-corrected chi connectivity index (χ1v) is 7.65. The number of nitrogens with one attached hydrogen (secondary N) is 1. The second kappa shape index (κ2) is 7.84. The van der Waals surface area contributed by atoms with Crippen LogP contribution in [0.4, 0.5) is 0 Å². The number of hydrogen-bond donors (Lipinski definition) is 1. The molecule has 21 heavy (non-hydrogen) atoms. The lowest BCUT2D eigenvalue weighted by molar-refractivity contribution is 0.414. The number of ether oxygens (including phenoxy) is 1. The molecule has 0 heterocycles. The van der Waals surface area contributed by atoms with E-state index in [0.29, 0.717) is 6.04 Å². The molecule has 0 aliphatic carbocycles. The van der Waals surface area contributed by atoms with E-state index >= 15 is 0 Å². The highest BCUT2D eigenvalue weighted by Crippen LogP contribution is 2.21. The third kappa shape index (κ3) is 4.61. The monoisotopic (exact) mass is 283 g/mol. The lowest BCUT2D eigenvalue weighted by atomic mass is 9.97. The maximum absolute atomic E-state index is 5.22. The van der Waals surface area contributed by atoms with Gasteiger partial charge in [-0.1, -0.05) is 48.9 Å². The van der Waals surface area contributed by atoms with Gasteiger partial charge in [0.15, 0.2) is 0 Å². The van der Waals surface area contributed by atoms with Crippen molar-refractivity contribution >= 4 is 0 Å². The van der Waals surface area contributed by atoms with Gasteiger partial charge >= 0.3 is 0 Å². The van der Waals surface area contributed by atoms with Crippen molar-refractivity contribution in [3.63, 3.8) is 0 Å². The fourth-order valence-corrected chi connectivity index (χ4v) is 2.51. The number of benzene rings is 2. The third-order valence-electron chi connectivity index (χ3n) is 3.68. The van der Waals surface area contributed by atoms with Gasteiger partial charge in [-0.15, -0.1) is 0 Å². The van der Waals surface area contributed by atoms with Crippen LogP contribution in [0.1, 0.15) is 36.1 Å². The average molecular weight is 283 g/mol. The molecule has 2 aromatic carbocycles. The first-order valence-electron chi connectivity index (χ1n) is 7.65. The normalized spacial score (nSPS) is 12.1. The van der Waals surface area contributed by atoms with E-state index in [4.69, 9.17) is 4.74 Å². The van der Waals surface area contributed by atoms with Crippen LogP contribution in [0.2, 0.25) is 0 Å². The largest absolute Gasteiger partial charge is 0.497 e. The zero-order valence-corrected chi connectivity index (χ0v) is 13.2. The Balaban J connectivity index is 2.15. The van der Waals surface area contributed by atoms with E-state index in [2.05, 4.69) is 55.6 Å². The van der Waals surface area contributed by atoms with Gasteiger partial charge in [-0.05, 0) is 49.6 Å². The predicted octanol–water partition coefficient (Wildman–Crippen LogP) is 4.29. The second-order valence-electron chi connectivity index (χ2n) is 5.47. The molecular weight excluding hydrogens is 258 g/mol. The van der Waals surface area contributed by atoms with E-state index in [1.807, 2.05) is 12.1 Å². The van der Waals surface area contributed by atoms with Gasteiger partial charge < -0.3 is 10.1 Å². The first kappa shape index (κ1) is 15.6. The third-order valence-corrected chi connectivity index (χ3v) is 3.68. The van der Waals surface area contributed by atoms with Crippen LogP contribution in [0.25, 0.3) is 0 Å². The number of methoxy groups -OCH3 is 1. The molecule has 0 aliphatic heterocycles. The Morgan fingerprint density at radius 3 is 2.48 bits per heavy atom. The average Bonchev–Trinajstić information content (AvgIpc) is 2.52. The summed E-state index contributed by atoms with van der Waals surface area (Å²) in [4.78, 5) is 0. The molecule has 2 aromatic rings. The fourth-order valence-electron chi connectivity index (χ4n) is 2.51. The summed E-state index contributed by atoms with van der Waals surface area (Å²) in [5.41, 5.74) is 4.00. The Kier molecular flexibility index (Phi) is 5.82. The number of aryl methyl sites for hydroxylation is 1. The van der Waals surface area contributed by atoms with E-state index in [0.717, 1.165) is 25.1 Å². The highest BCUT2D eigenvalue weighted by molar-refractivity contribution is 5.30. The lowest BCUT2D eigenvalue weighted by Crippen LogP contribution is -2.24. The molecule has 112 valence electrons. The van der Waals surface area contributed by atoms with Crippen molar-refractivity contribution in [2.24, 2.45) is 0 Å². The second-order valence-corrected chi connectivity index (χ2v) is 5.47. The molecular formula is C19H25NO. The molecule has 1 unspecified atom stereocenters. The first-order chi connectivity index (χ1) is 10.2. The van der Waals surface area contributed by atoms with Crippen LogP contribution in [0, 0.1) is 6.92 Å². The Morgan fingerprint density at radius 2 is 1.86 bits per heavy atom. The summed E-state index contributed by atoms with van der Waals surface area (Å²) in [5, 5.41) is 3.66. The molecule has 2 nitrogen and oxygen atoms in total. The summed E-state index contributed by atoms with van der Waals surface area (Å²) in [7, 11) is 1.70. The maximum atomic E-state index is 5.22. The van der Waals surface area contributed by atoms with Crippen LogP contribution in [-0.2, 0) is 6.42 Å². The van der Waals surface area contributed by atoms with E-state index in [-0.39, 0.29) is 0 Å². The highest BCUT2D eigenvalue weighted by Gasteiger charge is 2.11. The van der Waals surface area contributed by atoms with Crippen LogP contribution in [-0.4, -0.2) is 13.7 Å². The molecule has 0 saturated carbocycles. The summed E-state index contributed by atoms with van der Waals surface area (Å²) in [6.07, 6.45) is 2.14. The molecule has 0 aliphatic rings. The van der Waals surface area contributed by atoms with Gasteiger partial charge in [0.05, 0.1) is 7.11 Å². The SMILES string of the molecule is CCCNC(Cc1ccc(OC)cc1)c1cccc(C)c1. The van der Waals surface area contributed by atoms with Crippen molar-refractivity contribution in [3.05, 3.63) is 65.2 Å². The van der Waals surface area contributed by atoms with Gasteiger partial charge in [0.1, 0.15) is 5.75 Å². The summed E-state index contributed by atoms with van der Waals surface area (Å²) in [5.74, 6) is 0.910. The van der Waals surface area contributed by atoms with E-state index < -0.39 is 0 Å². The van der Waals surface area contributed by atoms with Crippen LogP contribution in [0.3, 0.4) is 0 Å². The Labute approximate surface area is 128 Å². The van der Waals surface area contributed by atoms with Gasteiger partial charge in [0.25, 0.3) is 0 Å². The molecule has 0 saturated heterocycles. The molecule has 2 rings (SSSR count). The van der Waals surface area contributed by atoms with E-state index in [9.17, 15) is 0 Å². The van der Waals surface area contributed by atoms with Crippen molar-refractivity contribution in [1.82, 2.24) is 5.32 Å². The van der Waals surface area contributed by atoms with Crippen LogP contribution in [0.15, 0.2) is 48.5 Å². The summed E-state index contributed by atoms with van der Waals surface area (Å²) < 4.78 is 5.22. The van der Waals surface area contributed by atoms with Crippen LogP contribution >= 0.6 is 0 Å². The minimum atomic E-state index is 0.359. The van der Waals surface area contributed by atoms with Gasteiger partial charge in [-0.25, -0.2) is 0 Å². The quantitative estimate of drug-likeness (QED) is 0.818. The molecule has 0 amide bonds. The van der Waals surface area contributed by atoms with Crippen molar-refractivity contribution in [1.29, 1.82) is 0 Å². The molecule has 0 spiro atoms. The minimum Gasteiger partial charge on any atom is -0.497 e. The minimum absolute atomic E-state index is 0.359.